The van der Waals surface area contributed by atoms with E-state index in [1.54, 1.807) is 7.11 Å². The fraction of sp³-hybridized carbons (Fsp3) is 0.333. The molecule has 4 rings (SSSR count). The van der Waals surface area contributed by atoms with Crippen molar-refractivity contribution in [1.82, 2.24) is 0 Å². The first-order valence-corrected chi connectivity index (χ1v) is 7.56. The number of benzene rings is 2. The zero-order chi connectivity index (χ0) is 15.2. The summed E-state index contributed by atoms with van der Waals surface area (Å²) < 4.78 is 17.8. The summed E-state index contributed by atoms with van der Waals surface area (Å²) in [6.45, 7) is 1.38. The van der Waals surface area contributed by atoms with Gasteiger partial charge < -0.3 is 19.1 Å². The Bertz CT molecular complexity index is 707. The van der Waals surface area contributed by atoms with E-state index in [1.807, 2.05) is 24.3 Å². The maximum Gasteiger partial charge on any atom is 0.226 e. The van der Waals surface area contributed by atoms with E-state index < -0.39 is 5.79 Å². The van der Waals surface area contributed by atoms with Crippen molar-refractivity contribution >= 4 is 11.4 Å². The predicted molar refractivity (Wildman–Crippen MR) is 84.8 cm³/mol. The first-order chi connectivity index (χ1) is 10.8. The summed E-state index contributed by atoms with van der Waals surface area (Å²) in [6.07, 6.45) is 0.916. The first kappa shape index (κ1) is 13.6. The van der Waals surface area contributed by atoms with Gasteiger partial charge in [0.15, 0.2) is 0 Å². The normalized spacial score (nSPS) is 18.7. The van der Waals surface area contributed by atoms with Crippen LogP contribution in [0.5, 0.6) is 5.75 Å². The molecule has 0 bridgehead atoms. The Morgan fingerprint density at radius 1 is 1.00 bits per heavy atom. The van der Waals surface area contributed by atoms with Crippen molar-refractivity contribution < 1.29 is 14.2 Å². The Morgan fingerprint density at radius 2 is 1.73 bits per heavy atom. The average Bonchev–Trinajstić information content (AvgIpc) is 2.60. The van der Waals surface area contributed by atoms with Crippen LogP contribution in [0.3, 0.4) is 0 Å². The molecule has 0 unspecified atom stereocenters. The second kappa shape index (κ2) is 5.00. The molecule has 0 saturated carbocycles. The molecular weight excluding hydrogens is 278 g/mol. The van der Waals surface area contributed by atoms with Gasteiger partial charge in [-0.1, -0.05) is 18.2 Å². The Kier molecular flexibility index (Phi) is 3.10. The molecule has 0 atom stereocenters. The summed E-state index contributed by atoms with van der Waals surface area (Å²) in [4.78, 5) is 2.18. The van der Waals surface area contributed by atoms with Crippen LogP contribution in [0.4, 0.5) is 11.4 Å². The van der Waals surface area contributed by atoms with Crippen LogP contribution in [-0.2, 0) is 15.3 Å². The van der Waals surface area contributed by atoms with Gasteiger partial charge in [-0.2, -0.15) is 0 Å². The fourth-order valence-corrected chi connectivity index (χ4v) is 3.36. The topological polar surface area (TPSA) is 30.9 Å². The van der Waals surface area contributed by atoms with Crippen molar-refractivity contribution in [1.29, 1.82) is 0 Å². The average molecular weight is 297 g/mol. The maximum absolute atomic E-state index is 6.20. The van der Waals surface area contributed by atoms with Crippen molar-refractivity contribution in [2.75, 3.05) is 32.3 Å². The lowest BCUT2D eigenvalue weighted by Gasteiger charge is -2.45. The minimum absolute atomic E-state index is 0.689. The third-order valence-corrected chi connectivity index (χ3v) is 4.44. The standard InChI is InChI=1S/C18H19NO3/c1-19-16-7-4-3-6-14(16)18(21-10-5-11-22-18)15-12-13(20-2)8-9-17(15)19/h3-4,6-9,12H,5,10-11H2,1-2H3. The molecule has 1 saturated heterocycles. The number of hydrogen-bond donors (Lipinski definition) is 0. The number of anilines is 2. The highest BCUT2D eigenvalue weighted by Gasteiger charge is 2.46. The molecular formula is C18H19NO3. The molecule has 1 spiro atoms. The maximum atomic E-state index is 6.20. The van der Waals surface area contributed by atoms with E-state index in [0.29, 0.717) is 13.2 Å². The molecule has 2 aromatic rings. The van der Waals surface area contributed by atoms with E-state index in [9.17, 15) is 0 Å². The number of fused-ring (bicyclic) bond motifs is 4. The number of methoxy groups -OCH3 is 1. The van der Waals surface area contributed by atoms with Gasteiger partial charge in [0, 0.05) is 23.9 Å². The van der Waals surface area contributed by atoms with E-state index >= 15 is 0 Å². The van der Waals surface area contributed by atoms with E-state index in [-0.39, 0.29) is 0 Å². The lowest BCUT2D eigenvalue weighted by atomic mass is 9.88. The van der Waals surface area contributed by atoms with E-state index in [0.717, 1.165) is 34.7 Å². The minimum Gasteiger partial charge on any atom is -0.497 e. The summed E-state index contributed by atoms with van der Waals surface area (Å²) in [5, 5.41) is 0. The second-order valence-corrected chi connectivity index (χ2v) is 5.63. The van der Waals surface area contributed by atoms with Crippen LogP contribution in [0.1, 0.15) is 17.5 Å². The van der Waals surface area contributed by atoms with Gasteiger partial charge in [0.05, 0.1) is 26.0 Å². The number of hydrogen-bond acceptors (Lipinski definition) is 4. The highest BCUT2D eigenvalue weighted by molar-refractivity contribution is 5.76. The van der Waals surface area contributed by atoms with Crippen molar-refractivity contribution in [2.45, 2.75) is 12.2 Å². The molecule has 2 aromatic carbocycles. The molecule has 0 amide bonds. The van der Waals surface area contributed by atoms with Crippen LogP contribution < -0.4 is 9.64 Å². The first-order valence-electron chi connectivity index (χ1n) is 7.56. The van der Waals surface area contributed by atoms with E-state index in [4.69, 9.17) is 14.2 Å². The Morgan fingerprint density at radius 3 is 2.50 bits per heavy atom. The largest absolute Gasteiger partial charge is 0.497 e. The highest BCUT2D eigenvalue weighted by Crippen LogP contribution is 2.51. The molecule has 4 nitrogen and oxygen atoms in total. The molecule has 1 fully saturated rings. The smallest absolute Gasteiger partial charge is 0.226 e. The molecule has 4 heteroatoms. The zero-order valence-corrected chi connectivity index (χ0v) is 12.8. The SMILES string of the molecule is COc1ccc2c(c1)C1(OCCCO1)c1ccccc1N2C. The van der Waals surface area contributed by atoms with Crippen LogP contribution >= 0.6 is 0 Å². The third-order valence-electron chi connectivity index (χ3n) is 4.44. The molecule has 0 aromatic heterocycles. The number of ether oxygens (including phenoxy) is 3. The summed E-state index contributed by atoms with van der Waals surface area (Å²) in [6, 6.07) is 14.3. The molecule has 0 aliphatic carbocycles. The predicted octanol–water partition coefficient (Wildman–Crippen LogP) is 3.41. The molecule has 2 aliphatic heterocycles. The number of rotatable bonds is 1. The van der Waals surface area contributed by atoms with Gasteiger partial charge in [0.25, 0.3) is 0 Å². The van der Waals surface area contributed by atoms with Crippen LogP contribution in [0.15, 0.2) is 42.5 Å². The summed E-state index contributed by atoms with van der Waals surface area (Å²) in [7, 11) is 3.75. The van der Waals surface area contributed by atoms with Crippen LogP contribution in [0, 0.1) is 0 Å². The monoisotopic (exact) mass is 297 g/mol. The Labute approximate surface area is 130 Å². The van der Waals surface area contributed by atoms with Crippen molar-refractivity contribution in [3.63, 3.8) is 0 Å². The van der Waals surface area contributed by atoms with Crippen LogP contribution in [-0.4, -0.2) is 27.4 Å². The van der Waals surface area contributed by atoms with Gasteiger partial charge >= 0.3 is 0 Å². The fourth-order valence-electron chi connectivity index (χ4n) is 3.36. The summed E-state index contributed by atoms with van der Waals surface area (Å²) in [5.74, 6) is -0.0192. The Hall–Kier alpha value is -2.04. The molecule has 0 radical (unpaired) electrons. The molecule has 22 heavy (non-hydrogen) atoms. The highest BCUT2D eigenvalue weighted by atomic mass is 16.7. The lowest BCUT2D eigenvalue weighted by Crippen LogP contribution is -2.43. The van der Waals surface area contributed by atoms with Gasteiger partial charge in [0.2, 0.25) is 5.79 Å². The third kappa shape index (κ3) is 1.77. The number of para-hydroxylation sites is 1. The summed E-state index contributed by atoms with van der Waals surface area (Å²) >= 11 is 0. The van der Waals surface area contributed by atoms with Crippen molar-refractivity contribution in [2.24, 2.45) is 0 Å². The molecule has 114 valence electrons. The lowest BCUT2D eigenvalue weighted by molar-refractivity contribution is -0.249. The van der Waals surface area contributed by atoms with Crippen molar-refractivity contribution in [3.05, 3.63) is 53.6 Å². The molecule has 0 N–H and O–H groups in total. The van der Waals surface area contributed by atoms with Gasteiger partial charge in [-0.3, -0.25) is 0 Å². The Balaban J connectivity index is 2.00. The van der Waals surface area contributed by atoms with Gasteiger partial charge in [-0.05, 0) is 30.7 Å². The van der Waals surface area contributed by atoms with E-state index in [1.165, 1.54) is 0 Å². The second-order valence-electron chi connectivity index (χ2n) is 5.63. The van der Waals surface area contributed by atoms with E-state index in [2.05, 4.69) is 30.1 Å². The number of nitrogens with zero attached hydrogens (tertiary/aromatic N) is 1. The van der Waals surface area contributed by atoms with Gasteiger partial charge in [0.1, 0.15) is 5.75 Å². The molecule has 2 heterocycles. The van der Waals surface area contributed by atoms with Crippen molar-refractivity contribution in [3.8, 4) is 5.75 Å². The van der Waals surface area contributed by atoms with Crippen LogP contribution in [0.2, 0.25) is 0 Å². The van der Waals surface area contributed by atoms with Gasteiger partial charge in [-0.25, -0.2) is 0 Å². The van der Waals surface area contributed by atoms with Crippen LogP contribution in [0.25, 0.3) is 0 Å². The quantitative estimate of drug-likeness (QED) is 0.807. The molecule has 2 aliphatic rings. The van der Waals surface area contributed by atoms with Gasteiger partial charge in [-0.15, -0.1) is 0 Å². The zero-order valence-electron chi connectivity index (χ0n) is 12.8. The minimum atomic E-state index is -0.828. The summed E-state index contributed by atoms with van der Waals surface area (Å²) in [5.41, 5.74) is 4.26.